The van der Waals surface area contributed by atoms with E-state index in [9.17, 15) is 30.0 Å². The lowest BCUT2D eigenvalue weighted by molar-refractivity contribution is -0.200. The van der Waals surface area contributed by atoms with Crippen LogP contribution in [0, 0.1) is 16.7 Å². The molecule has 1 saturated heterocycles. The lowest BCUT2D eigenvalue weighted by Gasteiger charge is -2.45. The zero-order valence-corrected chi connectivity index (χ0v) is 23.4. The number of H-pyrrole nitrogens is 1. The summed E-state index contributed by atoms with van der Waals surface area (Å²) >= 11 is 0. The summed E-state index contributed by atoms with van der Waals surface area (Å²) in [5.41, 5.74) is -2.76. The zero-order chi connectivity index (χ0) is 29.8. The highest BCUT2D eigenvalue weighted by molar-refractivity contribution is 6.15. The van der Waals surface area contributed by atoms with Gasteiger partial charge in [0.25, 0.3) is 5.91 Å². The van der Waals surface area contributed by atoms with Gasteiger partial charge in [-0.3, -0.25) is 9.78 Å². The van der Waals surface area contributed by atoms with Crippen LogP contribution in [-0.2, 0) is 9.53 Å². The molecule has 3 heterocycles. The number of nitriles is 1. The smallest absolute Gasteiger partial charge is 0.335 e. The molecule has 0 aromatic carbocycles. The maximum absolute atomic E-state index is 13.0. The predicted molar refractivity (Wildman–Crippen MR) is 146 cm³/mol. The number of hydrogen-bond donors (Lipinski definition) is 6. The number of hydrogen-bond acceptors (Lipinski definition) is 9. The molecular weight excluding hydrogens is 517 g/mol. The third-order valence-corrected chi connectivity index (χ3v) is 8.00. The molecule has 1 aliphatic carbocycles. The van der Waals surface area contributed by atoms with E-state index in [0.29, 0.717) is 12.1 Å². The number of carbonyl (C=O) groups is 2. The van der Waals surface area contributed by atoms with E-state index in [2.05, 4.69) is 15.3 Å². The summed E-state index contributed by atoms with van der Waals surface area (Å²) in [7, 11) is 1.76. The zero-order valence-electron chi connectivity index (χ0n) is 23.4. The van der Waals surface area contributed by atoms with Crippen LogP contribution >= 0.6 is 0 Å². The maximum atomic E-state index is 13.0. The van der Waals surface area contributed by atoms with Crippen LogP contribution in [0.1, 0.15) is 87.5 Å². The maximum Gasteiger partial charge on any atom is 0.335 e. The molecule has 2 aliphatic rings. The van der Waals surface area contributed by atoms with Gasteiger partial charge in [-0.25, -0.2) is 9.78 Å². The number of carbonyl (C=O) groups excluding carboxylic acids is 1. The second-order valence-electron chi connectivity index (χ2n) is 12.3. The molecule has 4 rings (SSSR count). The summed E-state index contributed by atoms with van der Waals surface area (Å²) in [4.78, 5) is 36.3. The van der Waals surface area contributed by atoms with Crippen molar-refractivity contribution in [3.8, 4) is 6.07 Å². The van der Waals surface area contributed by atoms with Crippen molar-refractivity contribution in [2.45, 2.75) is 82.6 Å². The highest BCUT2D eigenvalue weighted by Crippen LogP contribution is 2.52. The molecule has 0 saturated carbocycles. The first-order chi connectivity index (χ1) is 18.4. The van der Waals surface area contributed by atoms with E-state index < -0.39 is 46.0 Å². The number of pyridine rings is 1. The lowest BCUT2D eigenvalue weighted by Crippen LogP contribution is -2.51. The molecule has 3 atom stereocenters. The molecule has 40 heavy (non-hydrogen) atoms. The molecular formula is C27H34BN5O7. The van der Waals surface area contributed by atoms with E-state index in [1.54, 1.807) is 41.6 Å². The van der Waals surface area contributed by atoms with E-state index in [1.807, 2.05) is 6.07 Å². The normalized spacial score (nSPS) is 27.1. The minimum atomic E-state index is -2.49. The molecule has 0 spiro atoms. The van der Waals surface area contributed by atoms with Crippen molar-refractivity contribution < 1.29 is 34.8 Å². The Kier molecular flexibility index (Phi) is 7.11. The van der Waals surface area contributed by atoms with Crippen LogP contribution in [0.15, 0.2) is 24.1 Å². The van der Waals surface area contributed by atoms with Gasteiger partial charge in [0.15, 0.2) is 22.9 Å². The molecule has 12 nitrogen and oxygen atoms in total. The Bertz CT molecular complexity index is 1440. The molecule has 2 aromatic heterocycles. The second-order valence-corrected chi connectivity index (χ2v) is 12.3. The molecule has 1 aliphatic heterocycles. The Morgan fingerprint density at radius 2 is 1.85 bits per heavy atom. The second kappa shape index (κ2) is 9.73. The number of carboxylic acid groups (broad SMARTS) is 1. The number of carboxylic acids is 1. The first kappa shape index (κ1) is 29.3. The van der Waals surface area contributed by atoms with Gasteiger partial charge in [0, 0.05) is 24.2 Å². The largest absolute Gasteiger partial charge is 0.512 e. The summed E-state index contributed by atoms with van der Waals surface area (Å²) in [5, 5.41) is 55.2. The van der Waals surface area contributed by atoms with E-state index in [-0.39, 0.29) is 47.1 Å². The van der Waals surface area contributed by atoms with Crippen LogP contribution in [-0.4, -0.2) is 72.1 Å². The number of anilines is 1. The van der Waals surface area contributed by atoms with Crippen LogP contribution in [0.3, 0.4) is 0 Å². The van der Waals surface area contributed by atoms with Gasteiger partial charge in [0.05, 0.1) is 28.3 Å². The standard InChI is InChI=1S/C27H34BN5O7/c1-24(2)12-27(38,39)17(19(34)20(24)28)18-16(33-22(35)21-30-11-14(10-29)31-21)7-6-15(32-18)13-8-25(3,4)40-26(5,9-13)23(36)37/h6-7,11,13,20,34,38-39H,8-9,12,28H2,1-5H3,(H,30,31)(H,33,35)(H,36,37). The predicted octanol–water partition coefficient (Wildman–Crippen LogP) is 2.25. The highest BCUT2D eigenvalue weighted by Gasteiger charge is 2.50. The molecule has 212 valence electrons. The van der Waals surface area contributed by atoms with Gasteiger partial charge in [-0.15, -0.1) is 0 Å². The van der Waals surface area contributed by atoms with E-state index in [0.717, 1.165) is 0 Å². The summed E-state index contributed by atoms with van der Waals surface area (Å²) in [6, 6.07) is 4.97. The van der Waals surface area contributed by atoms with Crippen LogP contribution < -0.4 is 5.32 Å². The first-order valence-corrected chi connectivity index (χ1v) is 13.0. The molecule has 6 N–H and O–H groups in total. The number of nitrogens with one attached hydrogen (secondary N) is 2. The number of amides is 1. The van der Waals surface area contributed by atoms with Gasteiger partial charge in [-0.1, -0.05) is 13.8 Å². The third kappa shape index (κ3) is 5.34. The average Bonchev–Trinajstić information content (AvgIpc) is 3.31. The van der Waals surface area contributed by atoms with Gasteiger partial charge in [0.1, 0.15) is 13.9 Å². The number of nitrogens with zero attached hydrogens (tertiary/aromatic N) is 3. The number of aliphatic hydroxyl groups is 3. The van der Waals surface area contributed by atoms with Crippen LogP contribution in [0.5, 0.6) is 0 Å². The fourth-order valence-corrected chi connectivity index (χ4v) is 5.82. The van der Waals surface area contributed by atoms with Gasteiger partial charge >= 0.3 is 5.97 Å². The highest BCUT2D eigenvalue weighted by atomic mass is 16.5. The number of aromatic amines is 1. The number of aliphatic hydroxyl groups excluding tert-OH is 1. The summed E-state index contributed by atoms with van der Waals surface area (Å²) < 4.78 is 5.90. The number of allylic oxidation sites excluding steroid dienone is 1. The fourth-order valence-electron chi connectivity index (χ4n) is 5.82. The Balaban J connectivity index is 1.86. The van der Waals surface area contributed by atoms with Gasteiger partial charge in [0.2, 0.25) is 0 Å². The van der Waals surface area contributed by atoms with Crippen molar-refractivity contribution in [3.63, 3.8) is 0 Å². The van der Waals surface area contributed by atoms with E-state index >= 15 is 0 Å². The Labute approximate surface area is 232 Å². The molecule has 0 radical (unpaired) electrons. The number of aromatic nitrogens is 3. The topological polar surface area (TPSA) is 202 Å². The van der Waals surface area contributed by atoms with Crippen molar-refractivity contribution in [3.05, 3.63) is 47.0 Å². The molecule has 1 amide bonds. The minimum absolute atomic E-state index is 0.0101. The third-order valence-electron chi connectivity index (χ3n) is 8.00. The van der Waals surface area contributed by atoms with Crippen LogP contribution in [0.25, 0.3) is 5.57 Å². The number of rotatable bonds is 5. The molecule has 1 fully saturated rings. The van der Waals surface area contributed by atoms with Crippen molar-refractivity contribution in [2.75, 3.05) is 5.32 Å². The summed E-state index contributed by atoms with van der Waals surface area (Å²) in [5.74, 6) is -5.63. The van der Waals surface area contributed by atoms with E-state index in [1.165, 1.54) is 19.2 Å². The quantitative estimate of drug-likeness (QED) is 0.236. The lowest BCUT2D eigenvalue weighted by atomic mass is 9.58. The van der Waals surface area contributed by atoms with Crippen molar-refractivity contribution >= 4 is 31.0 Å². The minimum Gasteiger partial charge on any atom is -0.512 e. The number of imidazole rings is 1. The summed E-state index contributed by atoms with van der Waals surface area (Å²) in [6.07, 6.45) is 1.68. The SMILES string of the molecule is BC1C(O)=C(c2nc(C3CC(C)(C)OC(C)(C(=O)O)C3)ccc2NC(=O)c2nc(C#N)c[nH]2)C(O)(O)CC1(C)C. The van der Waals surface area contributed by atoms with E-state index in [4.69, 9.17) is 15.0 Å². The molecule has 2 aromatic rings. The summed E-state index contributed by atoms with van der Waals surface area (Å²) in [6.45, 7) is 8.70. The monoisotopic (exact) mass is 551 g/mol. The van der Waals surface area contributed by atoms with Crippen molar-refractivity contribution in [1.82, 2.24) is 15.0 Å². The molecule has 0 bridgehead atoms. The fraction of sp³-hybridized carbons (Fsp3) is 0.519. The Morgan fingerprint density at radius 1 is 1.18 bits per heavy atom. The average molecular weight is 551 g/mol. The van der Waals surface area contributed by atoms with Crippen molar-refractivity contribution in [1.29, 1.82) is 5.26 Å². The number of ether oxygens (including phenoxy) is 1. The van der Waals surface area contributed by atoms with Crippen molar-refractivity contribution in [2.24, 2.45) is 5.41 Å². The Hall–Kier alpha value is -3.73. The van der Waals surface area contributed by atoms with Gasteiger partial charge in [-0.2, -0.15) is 5.26 Å². The number of aliphatic carboxylic acids is 1. The van der Waals surface area contributed by atoms with Crippen LogP contribution in [0.4, 0.5) is 5.69 Å². The van der Waals surface area contributed by atoms with Gasteiger partial charge in [-0.05, 0) is 57.0 Å². The van der Waals surface area contributed by atoms with Crippen LogP contribution in [0.2, 0.25) is 5.82 Å². The molecule has 3 unspecified atom stereocenters. The van der Waals surface area contributed by atoms with Gasteiger partial charge < -0.3 is 35.5 Å². The molecule has 13 heteroatoms. The first-order valence-electron chi connectivity index (χ1n) is 13.0. The Morgan fingerprint density at radius 3 is 2.45 bits per heavy atom.